The molecular weight excluding hydrogens is 296 g/mol. The fourth-order valence-electron chi connectivity index (χ4n) is 2.36. The second kappa shape index (κ2) is 7.09. The van der Waals surface area contributed by atoms with Crippen LogP contribution in [0.5, 0.6) is 0 Å². The van der Waals surface area contributed by atoms with Crippen molar-refractivity contribution in [2.75, 3.05) is 0 Å². The van der Waals surface area contributed by atoms with Crippen molar-refractivity contribution >= 4 is 28.6 Å². The quantitative estimate of drug-likeness (QED) is 0.679. The number of hydrogen-bond donors (Lipinski definition) is 3. The van der Waals surface area contributed by atoms with E-state index in [0.717, 1.165) is 16.5 Å². The van der Waals surface area contributed by atoms with Gasteiger partial charge in [0.1, 0.15) is 6.04 Å². The zero-order valence-corrected chi connectivity index (χ0v) is 13.1. The van der Waals surface area contributed by atoms with Gasteiger partial charge in [-0.25, -0.2) is 4.79 Å². The van der Waals surface area contributed by atoms with Gasteiger partial charge in [0.05, 0.1) is 0 Å². The van der Waals surface area contributed by atoms with Crippen LogP contribution in [0.1, 0.15) is 25.8 Å². The van der Waals surface area contributed by atoms with Gasteiger partial charge >= 0.3 is 5.97 Å². The molecule has 6 nitrogen and oxygen atoms in total. The van der Waals surface area contributed by atoms with E-state index in [0.29, 0.717) is 6.42 Å². The number of aliphatic carboxylic acids is 1. The number of carbonyl (C=O) groups excluding carboxylic acids is 2. The molecule has 1 amide bonds. The Labute approximate surface area is 133 Å². The minimum Gasteiger partial charge on any atom is -0.480 e. The predicted molar refractivity (Wildman–Crippen MR) is 86.0 cm³/mol. The van der Waals surface area contributed by atoms with E-state index in [1.807, 2.05) is 24.3 Å². The molecule has 3 N–H and O–H groups in total. The van der Waals surface area contributed by atoms with Gasteiger partial charge in [-0.05, 0) is 18.1 Å². The zero-order chi connectivity index (χ0) is 17.0. The Balaban J connectivity index is 2.15. The van der Waals surface area contributed by atoms with Crippen molar-refractivity contribution in [1.29, 1.82) is 0 Å². The first-order valence-electron chi connectivity index (χ1n) is 7.56. The van der Waals surface area contributed by atoms with Gasteiger partial charge in [-0.2, -0.15) is 0 Å². The summed E-state index contributed by atoms with van der Waals surface area (Å²) in [5.74, 6) is -3.01. The van der Waals surface area contributed by atoms with Crippen molar-refractivity contribution in [2.24, 2.45) is 5.92 Å². The van der Waals surface area contributed by atoms with E-state index >= 15 is 0 Å². The summed E-state index contributed by atoms with van der Waals surface area (Å²) in [6, 6.07) is 6.37. The molecule has 1 unspecified atom stereocenters. The lowest BCUT2D eigenvalue weighted by Crippen LogP contribution is -2.46. The van der Waals surface area contributed by atoms with Crippen LogP contribution < -0.4 is 5.32 Å². The molecule has 122 valence electrons. The molecule has 0 saturated carbocycles. The average molecular weight is 316 g/mol. The molecule has 0 aliphatic heterocycles. The summed E-state index contributed by atoms with van der Waals surface area (Å²) >= 11 is 0. The van der Waals surface area contributed by atoms with Crippen LogP contribution in [0.25, 0.3) is 10.9 Å². The number of aromatic nitrogens is 1. The molecule has 0 aliphatic carbocycles. The van der Waals surface area contributed by atoms with Crippen molar-refractivity contribution in [3.63, 3.8) is 0 Å². The second-order valence-electron chi connectivity index (χ2n) is 5.60. The number of carboxylic acids is 1. The number of Topliss-reactive ketones (excluding diaryl/α,β-unsaturated/α-hetero) is 1. The maximum Gasteiger partial charge on any atom is 0.326 e. The minimum atomic E-state index is -1.17. The summed E-state index contributed by atoms with van der Waals surface area (Å²) in [7, 11) is 0. The lowest BCUT2D eigenvalue weighted by Gasteiger charge is -2.15. The summed E-state index contributed by atoms with van der Waals surface area (Å²) in [6.07, 6.45) is 2.37. The molecule has 1 heterocycles. The molecular formula is C17H20N2O4. The third kappa shape index (κ3) is 3.77. The van der Waals surface area contributed by atoms with Crippen LogP contribution in [0.3, 0.4) is 0 Å². The van der Waals surface area contributed by atoms with Gasteiger partial charge in [-0.3, -0.25) is 9.59 Å². The number of hydrogen-bond acceptors (Lipinski definition) is 3. The average Bonchev–Trinajstić information content (AvgIpc) is 2.95. The standard InChI is InChI=1S/C17H20N2O4/c1-3-10(2)15(20)16(21)19-14(17(22)23)8-11-9-18-13-7-5-4-6-12(11)13/h4-7,9-10,14,18H,3,8H2,1-2H3,(H,19,21)(H,22,23)/t10?,14-/m0/s1. The highest BCUT2D eigenvalue weighted by atomic mass is 16.4. The molecule has 6 heteroatoms. The fourth-order valence-corrected chi connectivity index (χ4v) is 2.36. The molecule has 0 fully saturated rings. The van der Waals surface area contributed by atoms with Crippen LogP contribution in [0.15, 0.2) is 30.5 Å². The van der Waals surface area contributed by atoms with E-state index in [4.69, 9.17) is 0 Å². The second-order valence-corrected chi connectivity index (χ2v) is 5.60. The van der Waals surface area contributed by atoms with Crippen molar-refractivity contribution in [2.45, 2.75) is 32.7 Å². The topological polar surface area (TPSA) is 99.3 Å². The van der Waals surface area contributed by atoms with Crippen LogP contribution in [0.2, 0.25) is 0 Å². The van der Waals surface area contributed by atoms with E-state index in [2.05, 4.69) is 10.3 Å². The Morgan fingerprint density at radius 2 is 1.96 bits per heavy atom. The first-order chi connectivity index (χ1) is 10.9. The molecule has 0 aliphatic rings. The number of rotatable bonds is 7. The molecule has 2 rings (SSSR count). The van der Waals surface area contributed by atoms with Crippen molar-refractivity contribution in [3.8, 4) is 0 Å². The molecule has 0 saturated heterocycles. The Morgan fingerprint density at radius 1 is 1.26 bits per heavy atom. The third-order valence-electron chi connectivity index (χ3n) is 3.99. The van der Waals surface area contributed by atoms with E-state index in [-0.39, 0.29) is 6.42 Å². The molecule has 2 aromatic rings. The number of fused-ring (bicyclic) bond motifs is 1. The van der Waals surface area contributed by atoms with Gasteiger partial charge < -0.3 is 15.4 Å². The number of ketones is 1. The molecule has 0 spiro atoms. The van der Waals surface area contributed by atoms with E-state index in [1.54, 1.807) is 20.0 Å². The van der Waals surface area contributed by atoms with Gasteiger partial charge in [0.25, 0.3) is 5.91 Å². The molecule has 0 radical (unpaired) electrons. The molecule has 1 aromatic heterocycles. The van der Waals surface area contributed by atoms with E-state index < -0.39 is 29.6 Å². The predicted octanol–water partition coefficient (Wildman–Crippen LogP) is 1.89. The lowest BCUT2D eigenvalue weighted by atomic mass is 10.0. The highest BCUT2D eigenvalue weighted by Crippen LogP contribution is 2.19. The highest BCUT2D eigenvalue weighted by molar-refractivity contribution is 6.37. The number of carbonyl (C=O) groups is 3. The number of aromatic amines is 1. The van der Waals surface area contributed by atoms with Crippen LogP contribution in [-0.4, -0.2) is 33.8 Å². The Morgan fingerprint density at radius 3 is 2.61 bits per heavy atom. The van der Waals surface area contributed by atoms with Gasteiger partial charge in [0.2, 0.25) is 5.78 Å². The Bertz CT molecular complexity index is 735. The zero-order valence-electron chi connectivity index (χ0n) is 13.1. The number of para-hydroxylation sites is 1. The van der Waals surface area contributed by atoms with Crippen LogP contribution in [0.4, 0.5) is 0 Å². The summed E-state index contributed by atoms with van der Waals surface area (Å²) in [5, 5.41) is 12.6. The van der Waals surface area contributed by atoms with Crippen molar-refractivity contribution in [1.82, 2.24) is 10.3 Å². The third-order valence-corrected chi connectivity index (χ3v) is 3.99. The normalized spacial score (nSPS) is 13.5. The largest absolute Gasteiger partial charge is 0.480 e. The number of benzene rings is 1. The van der Waals surface area contributed by atoms with Gasteiger partial charge in [0, 0.05) is 29.4 Å². The monoisotopic (exact) mass is 316 g/mol. The smallest absolute Gasteiger partial charge is 0.326 e. The summed E-state index contributed by atoms with van der Waals surface area (Å²) in [4.78, 5) is 38.2. The summed E-state index contributed by atoms with van der Waals surface area (Å²) in [5.41, 5.74) is 1.68. The fraction of sp³-hybridized carbons (Fsp3) is 0.353. The van der Waals surface area contributed by atoms with Gasteiger partial charge in [-0.1, -0.05) is 32.0 Å². The maximum atomic E-state index is 11.9. The van der Waals surface area contributed by atoms with Crippen LogP contribution >= 0.6 is 0 Å². The highest BCUT2D eigenvalue weighted by Gasteiger charge is 2.27. The molecule has 0 bridgehead atoms. The first kappa shape index (κ1) is 16.7. The van der Waals surface area contributed by atoms with Crippen LogP contribution in [0, 0.1) is 5.92 Å². The van der Waals surface area contributed by atoms with Crippen molar-refractivity contribution in [3.05, 3.63) is 36.0 Å². The van der Waals surface area contributed by atoms with Gasteiger partial charge in [-0.15, -0.1) is 0 Å². The van der Waals surface area contributed by atoms with E-state index in [1.165, 1.54) is 0 Å². The molecule has 23 heavy (non-hydrogen) atoms. The van der Waals surface area contributed by atoms with Crippen LogP contribution in [-0.2, 0) is 20.8 Å². The number of amides is 1. The molecule has 1 aromatic carbocycles. The maximum absolute atomic E-state index is 11.9. The van der Waals surface area contributed by atoms with Gasteiger partial charge in [0.15, 0.2) is 0 Å². The SMILES string of the molecule is CCC(C)C(=O)C(=O)N[C@@H](Cc1c[nH]c2ccccc12)C(=O)O. The number of H-pyrrole nitrogens is 1. The number of carboxylic acid groups (broad SMARTS) is 1. The first-order valence-corrected chi connectivity index (χ1v) is 7.56. The lowest BCUT2D eigenvalue weighted by molar-refractivity contribution is -0.145. The summed E-state index contributed by atoms with van der Waals surface area (Å²) < 4.78 is 0. The minimum absolute atomic E-state index is 0.110. The molecule has 2 atom stereocenters. The Kier molecular flexibility index (Phi) is 5.16. The Hall–Kier alpha value is -2.63. The summed E-state index contributed by atoms with van der Waals surface area (Å²) in [6.45, 7) is 3.45. The number of nitrogens with one attached hydrogen (secondary N) is 2. The van der Waals surface area contributed by atoms with E-state index in [9.17, 15) is 19.5 Å². The van der Waals surface area contributed by atoms with Crippen molar-refractivity contribution < 1.29 is 19.5 Å².